The van der Waals surface area contributed by atoms with Crippen LogP contribution in [0.1, 0.15) is 25.3 Å². The molecule has 0 aliphatic carbocycles. The van der Waals surface area contributed by atoms with Crippen molar-refractivity contribution in [2.24, 2.45) is 0 Å². The van der Waals surface area contributed by atoms with E-state index >= 15 is 0 Å². The summed E-state index contributed by atoms with van der Waals surface area (Å²) in [7, 11) is 0. The van der Waals surface area contributed by atoms with Crippen LogP contribution in [0, 0.1) is 11.8 Å². The molecule has 1 atom stereocenters. The molecule has 3 heterocycles. The molecule has 4 rings (SSSR count). The lowest BCUT2D eigenvalue weighted by Gasteiger charge is -2.43. The molecule has 6 nitrogen and oxygen atoms in total. The Kier molecular flexibility index (Phi) is 5.51. The van der Waals surface area contributed by atoms with Gasteiger partial charge in [0.05, 0.1) is 0 Å². The van der Waals surface area contributed by atoms with Crippen LogP contribution in [0.25, 0.3) is 0 Å². The van der Waals surface area contributed by atoms with Crippen molar-refractivity contribution in [3.8, 4) is 23.3 Å². The van der Waals surface area contributed by atoms with Gasteiger partial charge in [0, 0.05) is 51.9 Å². The topological polar surface area (TPSA) is 45.3 Å². The third-order valence-electron chi connectivity index (χ3n) is 5.68. The minimum Gasteiger partial charge on any atom is -0.454 e. The number of ether oxygens (including phenoxy) is 2. The molecule has 0 bridgehead atoms. The van der Waals surface area contributed by atoms with Crippen LogP contribution in [0.15, 0.2) is 18.2 Å². The van der Waals surface area contributed by atoms with Gasteiger partial charge in [-0.3, -0.25) is 14.6 Å². The van der Waals surface area contributed by atoms with E-state index in [-0.39, 0.29) is 5.91 Å². The molecule has 2 fully saturated rings. The summed E-state index contributed by atoms with van der Waals surface area (Å²) >= 11 is 0. The predicted octanol–water partition coefficient (Wildman–Crippen LogP) is 1.55. The van der Waals surface area contributed by atoms with Crippen LogP contribution in [-0.2, 0) is 11.3 Å². The van der Waals surface area contributed by atoms with Gasteiger partial charge in [-0.15, -0.1) is 0 Å². The normalized spacial score (nSPS) is 23.0. The van der Waals surface area contributed by atoms with Crippen LogP contribution in [-0.4, -0.2) is 72.7 Å². The maximum absolute atomic E-state index is 12.1. The Bertz CT molecular complexity index is 747. The second kappa shape index (κ2) is 8.20. The van der Waals surface area contributed by atoms with Crippen molar-refractivity contribution < 1.29 is 14.3 Å². The van der Waals surface area contributed by atoms with Gasteiger partial charge in [0.2, 0.25) is 6.79 Å². The van der Waals surface area contributed by atoms with E-state index in [1.165, 1.54) is 12.0 Å². The second-order valence-electron chi connectivity index (χ2n) is 7.42. The number of piperidine rings is 1. The van der Waals surface area contributed by atoms with Crippen molar-refractivity contribution in [1.82, 2.24) is 14.7 Å². The summed E-state index contributed by atoms with van der Waals surface area (Å²) in [6.07, 6.45) is 2.24. The molecule has 1 aromatic rings. The summed E-state index contributed by atoms with van der Waals surface area (Å²) in [5.41, 5.74) is 1.26. The molecule has 3 aliphatic heterocycles. The van der Waals surface area contributed by atoms with Crippen molar-refractivity contribution >= 4 is 5.91 Å². The molecule has 0 aromatic heterocycles. The van der Waals surface area contributed by atoms with E-state index in [0.717, 1.165) is 63.7 Å². The molecule has 2 saturated heterocycles. The van der Waals surface area contributed by atoms with Crippen LogP contribution < -0.4 is 9.47 Å². The number of hydrogen-bond acceptors (Lipinski definition) is 5. The molecular formula is C21H27N3O3. The Morgan fingerprint density at radius 1 is 1.15 bits per heavy atom. The van der Waals surface area contributed by atoms with Crippen molar-refractivity contribution in [3.63, 3.8) is 0 Å². The first kappa shape index (κ1) is 18.1. The molecule has 1 unspecified atom stereocenters. The lowest BCUT2D eigenvalue weighted by molar-refractivity contribution is -0.127. The van der Waals surface area contributed by atoms with Gasteiger partial charge >= 0.3 is 0 Å². The van der Waals surface area contributed by atoms with Crippen molar-refractivity contribution in [3.05, 3.63) is 23.8 Å². The van der Waals surface area contributed by atoms with Crippen LogP contribution in [0.4, 0.5) is 0 Å². The monoisotopic (exact) mass is 369 g/mol. The zero-order valence-electron chi connectivity index (χ0n) is 15.9. The number of likely N-dealkylation sites (tertiary alicyclic amines) is 1. The van der Waals surface area contributed by atoms with Gasteiger partial charge in [0.15, 0.2) is 11.5 Å². The van der Waals surface area contributed by atoms with Gasteiger partial charge in [0.25, 0.3) is 5.91 Å². The van der Waals surface area contributed by atoms with E-state index in [1.54, 1.807) is 6.92 Å². The Labute approximate surface area is 161 Å². The predicted molar refractivity (Wildman–Crippen MR) is 102 cm³/mol. The average Bonchev–Trinajstić information content (AvgIpc) is 3.17. The van der Waals surface area contributed by atoms with E-state index in [2.05, 4.69) is 33.8 Å². The number of carbonyl (C=O) groups excluding carboxylic acids is 1. The lowest BCUT2D eigenvalue weighted by Crippen LogP contribution is -2.55. The Hall–Kier alpha value is -2.23. The SMILES string of the molecule is CC#CC(=O)N1CCCC(N2CCN(Cc3ccc4c(c3)OCO4)CC2)C1. The lowest BCUT2D eigenvalue weighted by atomic mass is 10.0. The van der Waals surface area contributed by atoms with Gasteiger partial charge in [-0.25, -0.2) is 0 Å². The molecule has 1 amide bonds. The maximum Gasteiger partial charge on any atom is 0.298 e. The number of piperazine rings is 1. The number of nitrogens with zero attached hydrogens (tertiary/aromatic N) is 3. The Morgan fingerprint density at radius 3 is 2.78 bits per heavy atom. The van der Waals surface area contributed by atoms with E-state index in [4.69, 9.17) is 9.47 Å². The largest absolute Gasteiger partial charge is 0.454 e. The van der Waals surface area contributed by atoms with Crippen molar-refractivity contribution in [1.29, 1.82) is 0 Å². The molecule has 1 aromatic carbocycles. The summed E-state index contributed by atoms with van der Waals surface area (Å²) in [5, 5.41) is 0. The highest BCUT2D eigenvalue weighted by Crippen LogP contribution is 2.33. The summed E-state index contributed by atoms with van der Waals surface area (Å²) in [6.45, 7) is 8.84. The third kappa shape index (κ3) is 4.20. The van der Waals surface area contributed by atoms with Gasteiger partial charge in [-0.05, 0) is 43.4 Å². The number of amides is 1. The van der Waals surface area contributed by atoms with Crippen molar-refractivity contribution in [2.75, 3.05) is 46.1 Å². The molecule has 0 N–H and O–H groups in total. The first-order chi connectivity index (χ1) is 13.2. The summed E-state index contributed by atoms with van der Waals surface area (Å²) in [4.78, 5) is 19.0. The minimum atomic E-state index is -0.0244. The first-order valence-corrected chi connectivity index (χ1v) is 9.79. The zero-order valence-corrected chi connectivity index (χ0v) is 15.9. The molecule has 0 saturated carbocycles. The Morgan fingerprint density at radius 2 is 1.96 bits per heavy atom. The first-order valence-electron chi connectivity index (χ1n) is 9.79. The quantitative estimate of drug-likeness (QED) is 0.757. The fourth-order valence-electron chi connectivity index (χ4n) is 4.21. The standard InChI is InChI=1S/C21H27N3O3/c1-2-4-21(25)24-8-3-5-18(15-24)23-11-9-22(10-12-23)14-17-6-7-19-20(13-17)27-16-26-19/h6-7,13,18H,3,5,8-12,14-16H2,1H3. The zero-order chi connectivity index (χ0) is 18.6. The fraction of sp³-hybridized carbons (Fsp3) is 0.571. The van der Waals surface area contributed by atoms with Crippen LogP contribution >= 0.6 is 0 Å². The van der Waals surface area contributed by atoms with Crippen LogP contribution in [0.2, 0.25) is 0 Å². The van der Waals surface area contributed by atoms with E-state index in [0.29, 0.717) is 12.8 Å². The number of hydrogen-bond donors (Lipinski definition) is 0. The molecular weight excluding hydrogens is 342 g/mol. The van der Waals surface area contributed by atoms with E-state index in [1.807, 2.05) is 11.0 Å². The fourth-order valence-corrected chi connectivity index (χ4v) is 4.21. The molecule has 3 aliphatic rings. The summed E-state index contributed by atoms with van der Waals surface area (Å²) in [5.74, 6) is 7.08. The van der Waals surface area contributed by atoms with Gasteiger partial charge < -0.3 is 14.4 Å². The molecule has 6 heteroatoms. The van der Waals surface area contributed by atoms with Crippen LogP contribution in [0.5, 0.6) is 11.5 Å². The highest BCUT2D eigenvalue weighted by molar-refractivity contribution is 5.93. The summed E-state index contributed by atoms with van der Waals surface area (Å²) < 4.78 is 10.9. The van der Waals surface area contributed by atoms with Gasteiger partial charge in [-0.1, -0.05) is 12.0 Å². The molecule has 0 spiro atoms. The highest BCUT2D eigenvalue weighted by atomic mass is 16.7. The van der Waals surface area contributed by atoms with E-state index < -0.39 is 0 Å². The number of rotatable bonds is 3. The van der Waals surface area contributed by atoms with Gasteiger partial charge in [-0.2, -0.15) is 0 Å². The van der Waals surface area contributed by atoms with E-state index in [9.17, 15) is 4.79 Å². The highest BCUT2D eigenvalue weighted by Gasteiger charge is 2.29. The maximum atomic E-state index is 12.1. The second-order valence-corrected chi connectivity index (χ2v) is 7.42. The number of benzene rings is 1. The Balaban J connectivity index is 1.28. The number of fused-ring (bicyclic) bond motifs is 1. The summed E-state index contributed by atoms with van der Waals surface area (Å²) in [6, 6.07) is 6.68. The average molecular weight is 369 g/mol. The van der Waals surface area contributed by atoms with Crippen molar-refractivity contribution in [2.45, 2.75) is 32.4 Å². The molecule has 27 heavy (non-hydrogen) atoms. The van der Waals surface area contributed by atoms with Crippen LogP contribution in [0.3, 0.4) is 0 Å². The third-order valence-corrected chi connectivity index (χ3v) is 5.68. The molecule has 144 valence electrons. The minimum absolute atomic E-state index is 0.0244. The van der Waals surface area contributed by atoms with Gasteiger partial charge in [0.1, 0.15) is 0 Å². The smallest absolute Gasteiger partial charge is 0.298 e. The molecule has 0 radical (unpaired) electrons. The number of carbonyl (C=O) groups is 1.